The molecule has 0 aliphatic heterocycles. The normalized spacial score (nSPS) is 11.5. The van der Waals surface area contributed by atoms with E-state index in [1.807, 2.05) is 26.0 Å². The number of hydrogen-bond acceptors (Lipinski definition) is 4. The number of rotatable bonds is 7. The molecule has 0 unspecified atom stereocenters. The van der Waals surface area contributed by atoms with Crippen LogP contribution in [0.15, 0.2) is 18.2 Å². The number of nitrogens with two attached hydrogens (primary N) is 1. The van der Waals surface area contributed by atoms with Gasteiger partial charge in [0.15, 0.2) is 0 Å². The van der Waals surface area contributed by atoms with Crippen molar-refractivity contribution in [2.45, 2.75) is 13.8 Å². The molecule has 0 aliphatic rings. The Morgan fingerprint density at radius 2 is 2.00 bits per heavy atom. The molecule has 1 rings (SSSR count). The number of anilines is 1. The van der Waals surface area contributed by atoms with E-state index in [0.29, 0.717) is 18.8 Å². The molecule has 0 saturated carbocycles. The summed E-state index contributed by atoms with van der Waals surface area (Å²) in [5.74, 6) is -0.0691. The molecule has 1 aromatic carbocycles. The maximum Gasteiger partial charge on any atom is 0.235 e. The summed E-state index contributed by atoms with van der Waals surface area (Å²) < 4.78 is 31.2. The van der Waals surface area contributed by atoms with Gasteiger partial charge in [-0.2, -0.15) is 0 Å². The Bertz CT molecular complexity index is 486. The molecular weight excluding hydrogens is 252 g/mol. The van der Waals surface area contributed by atoms with Crippen molar-refractivity contribution >= 4 is 15.7 Å². The van der Waals surface area contributed by atoms with Crippen molar-refractivity contribution in [3.8, 4) is 0 Å². The third-order valence-corrected chi connectivity index (χ3v) is 3.86. The Balaban J connectivity index is 2.62. The van der Waals surface area contributed by atoms with Gasteiger partial charge in [0.25, 0.3) is 0 Å². The number of nitrogens with one attached hydrogen (secondary N) is 1. The molecule has 0 spiro atoms. The molecule has 0 bridgehead atoms. The Hall–Kier alpha value is -1.11. The van der Waals surface area contributed by atoms with Crippen molar-refractivity contribution in [1.29, 1.82) is 0 Å². The van der Waals surface area contributed by atoms with E-state index in [1.54, 1.807) is 6.07 Å². The molecule has 0 saturated heterocycles. The molecule has 0 aromatic heterocycles. The molecule has 1 aromatic rings. The van der Waals surface area contributed by atoms with Gasteiger partial charge >= 0.3 is 0 Å². The Morgan fingerprint density at radius 3 is 2.67 bits per heavy atom. The van der Waals surface area contributed by atoms with Crippen molar-refractivity contribution in [2.75, 3.05) is 30.2 Å². The largest absolute Gasteiger partial charge is 0.379 e. The van der Waals surface area contributed by atoms with E-state index in [4.69, 9.17) is 10.5 Å². The predicted octanol–water partition coefficient (Wildman–Crippen LogP) is 1.02. The smallest absolute Gasteiger partial charge is 0.235 e. The van der Waals surface area contributed by atoms with Crippen LogP contribution >= 0.6 is 0 Å². The van der Waals surface area contributed by atoms with E-state index in [9.17, 15) is 8.42 Å². The van der Waals surface area contributed by atoms with Crippen LogP contribution in [0.25, 0.3) is 0 Å². The van der Waals surface area contributed by atoms with Crippen LogP contribution in [-0.2, 0) is 14.8 Å². The van der Waals surface area contributed by atoms with Crippen molar-refractivity contribution in [2.24, 2.45) is 5.73 Å². The molecule has 5 nitrogen and oxygen atoms in total. The van der Waals surface area contributed by atoms with Gasteiger partial charge in [-0.15, -0.1) is 0 Å². The fourth-order valence-electron chi connectivity index (χ4n) is 1.43. The SMILES string of the molecule is Cc1cccc(NS(=O)(=O)CCOCCN)c1C. The van der Waals surface area contributed by atoms with Crippen LogP contribution in [0.3, 0.4) is 0 Å². The molecule has 102 valence electrons. The van der Waals surface area contributed by atoms with Crippen molar-refractivity contribution in [3.05, 3.63) is 29.3 Å². The first-order valence-corrected chi connectivity index (χ1v) is 7.46. The van der Waals surface area contributed by atoms with E-state index >= 15 is 0 Å². The van der Waals surface area contributed by atoms with E-state index in [1.165, 1.54) is 0 Å². The summed E-state index contributed by atoms with van der Waals surface area (Å²) in [6.45, 7) is 4.75. The van der Waals surface area contributed by atoms with Crippen LogP contribution in [0.4, 0.5) is 5.69 Å². The molecule has 3 N–H and O–H groups in total. The Kier molecular flexibility index (Phi) is 5.58. The standard InChI is InChI=1S/C12H20N2O3S/c1-10-4-3-5-12(11(10)2)14-18(15,16)9-8-17-7-6-13/h3-5,14H,6-9,13H2,1-2H3. The van der Waals surface area contributed by atoms with Crippen LogP contribution in [0, 0.1) is 13.8 Å². The molecule has 0 fully saturated rings. The summed E-state index contributed by atoms with van der Waals surface area (Å²) in [6, 6.07) is 5.52. The minimum atomic E-state index is -3.37. The van der Waals surface area contributed by atoms with Gasteiger partial charge in [-0.25, -0.2) is 8.42 Å². The average molecular weight is 272 g/mol. The number of aryl methyl sites for hydroxylation is 1. The Morgan fingerprint density at radius 1 is 1.28 bits per heavy atom. The molecule has 0 atom stereocenters. The van der Waals surface area contributed by atoms with E-state index in [-0.39, 0.29) is 12.4 Å². The molecule has 0 radical (unpaired) electrons. The van der Waals surface area contributed by atoms with Crippen LogP contribution in [-0.4, -0.2) is 33.9 Å². The van der Waals surface area contributed by atoms with Crippen LogP contribution in [0.2, 0.25) is 0 Å². The summed E-state index contributed by atoms with van der Waals surface area (Å²) in [5.41, 5.74) is 7.85. The van der Waals surface area contributed by atoms with E-state index < -0.39 is 10.0 Å². The second-order valence-electron chi connectivity index (χ2n) is 4.07. The number of benzene rings is 1. The van der Waals surface area contributed by atoms with Gasteiger partial charge in [0.2, 0.25) is 10.0 Å². The molecule has 0 aliphatic carbocycles. The lowest BCUT2D eigenvalue weighted by Crippen LogP contribution is -2.22. The molecule has 18 heavy (non-hydrogen) atoms. The molecule has 6 heteroatoms. The highest BCUT2D eigenvalue weighted by atomic mass is 32.2. The van der Waals surface area contributed by atoms with Gasteiger partial charge in [-0.05, 0) is 31.0 Å². The van der Waals surface area contributed by atoms with Crippen LogP contribution < -0.4 is 10.5 Å². The first-order chi connectivity index (χ1) is 8.46. The average Bonchev–Trinajstić information content (AvgIpc) is 2.31. The highest BCUT2D eigenvalue weighted by molar-refractivity contribution is 7.92. The number of hydrogen-bond donors (Lipinski definition) is 2. The number of sulfonamides is 1. The highest BCUT2D eigenvalue weighted by Crippen LogP contribution is 2.19. The second-order valence-corrected chi connectivity index (χ2v) is 5.91. The fourth-order valence-corrected chi connectivity index (χ4v) is 2.43. The van der Waals surface area contributed by atoms with Crippen LogP contribution in [0.5, 0.6) is 0 Å². The zero-order valence-corrected chi connectivity index (χ0v) is 11.6. The maximum atomic E-state index is 11.8. The lowest BCUT2D eigenvalue weighted by atomic mass is 10.1. The summed E-state index contributed by atoms with van der Waals surface area (Å²) in [6.07, 6.45) is 0. The first-order valence-electron chi connectivity index (χ1n) is 5.81. The quantitative estimate of drug-likeness (QED) is 0.726. The van der Waals surface area contributed by atoms with Crippen molar-refractivity contribution < 1.29 is 13.2 Å². The summed E-state index contributed by atoms with van der Waals surface area (Å²) >= 11 is 0. The van der Waals surface area contributed by atoms with E-state index in [2.05, 4.69) is 4.72 Å². The van der Waals surface area contributed by atoms with Gasteiger partial charge < -0.3 is 10.5 Å². The van der Waals surface area contributed by atoms with Gasteiger partial charge in [-0.1, -0.05) is 12.1 Å². The second kappa shape index (κ2) is 6.72. The molecular formula is C12H20N2O3S. The Labute approximate surface area is 108 Å². The molecule has 0 heterocycles. The van der Waals surface area contributed by atoms with Gasteiger partial charge in [-0.3, -0.25) is 4.72 Å². The minimum absolute atomic E-state index is 0.0691. The van der Waals surface area contributed by atoms with Crippen molar-refractivity contribution in [3.63, 3.8) is 0 Å². The predicted molar refractivity (Wildman–Crippen MR) is 73.2 cm³/mol. The highest BCUT2D eigenvalue weighted by Gasteiger charge is 2.12. The maximum absolute atomic E-state index is 11.8. The van der Waals surface area contributed by atoms with E-state index in [0.717, 1.165) is 11.1 Å². The first kappa shape index (κ1) is 14.9. The van der Waals surface area contributed by atoms with Crippen molar-refractivity contribution in [1.82, 2.24) is 0 Å². The topological polar surface area (TPSA) is 81.4 Å². The summed E-state index contributed by atoms with van der Waals surface area (Å²) in [4.78, 5) is 0. The number of ether oxygens (including phenoxy) is 1. The fraction of sp³-hybridized carbons (Fsp3) is 0.500. The lowest BCUT2D eigenvalue weighted by molar-refractivity contribution is 0.157. The van der Waals surface area contributed by atoms with Gasteiger partial charge in [0, 0.05) is 6.54 Å². The van der Waals surface area contributed by atoms with Crippen LogP contribution in [0.1, 0.15) is 11.1 Å². The minimum Gasteiger partial charge on any atom is -0.379 e. The van der Waals surface area contributed by atoms with Gasteiger partial charge in [0.1, 0.15) is 0 Å². The third kappa shape index (κ3) is 4.64. The summed E-state index contributed by atoms with van der Waals surface area (Å²) in [7, 11) is -3.37. The zero-order valence-electron chi connectivity index (χ0n) is 10.8. The third-order valence-electron chi connectivity index (χ3n) is 2.63. The monoisotopic (exact) mass is 272 g/mol. The zero-order chi connectivity index (χ0) is 13.6. The summed E-state index contributed by atoms with van der Waals surface area (Å²) in [5, 5.41) is 0. The lowest BCUT2D eigenvalue weighted by Gasteiger charge is -2.12. The molecule has 0 amide bonds. The van der Waals surface area contributed by atoms with Gasteiger partial charge in [0.05, 0.1) is 24.7 Å².